The molecular weight excluding hydrogens is 312 g/mol. The van der Waals surface area contributed by atoms with Gasteiger partial charge in [0, 0.05) is 23.9 Å². The molecule has 1 N–H and O–H groups in total. The van der Waals surface area contributed by atoms with Crippen molar-refractivity contribution in [1.82, 2.24) is 29.8 Å². The SMILES string of the molecule is CCn1nncc1-c1cc(-n2nc(C(=O)O)ccc2=O)cnc1C. The number of carboxylic acids is 1. The normalized spacial score (nSPS) is 10.8. The highest BCUT2D eigenvalue weighted by Gasteiger charge is 2.14. The van der Waals surface area contributed by atoms with Crippen molar-refractivity contribution in [2.45, 2.75) is 20.4 Å². The molecule has 0 aliphatic rings. The summed E-state index contributed by atoms with van der Waals surface area (Å²) in [5, 5.41) is 20.8. The van der Waals surface area contributed by atoms with Crippen molar-refractivity contribution in [2.75, 3.05) is 0 Å². The summed E-state index contributed by atoms with van der Waals surface area (Å²) in [4.78, 5) is 27.4. The summed E-state index contributed by atoms with van der Waals surface area (Å²) in [6, 6.07) is 4.04. The van der Waals surface area contributed by atoms with Gasteiger partial charge < -0.3 is 5.11 Å². The maximum absolute atomic E-state index is 12.1. The quantitative estimate of drug-likeness (QED) is 0.757. The van der Waals surface area contributed by atoms with Gasteiger partial charge >= 0.3 is 5.97 Å². The van der Waals surface area contributed by atoms with E-state index < -0.39 is 11.5 Å². The van der Waals surface area contributed by atoms with E-state index in [-0.39, 0.29) is 5.69 Å². The third kappa shape index (κ3) is 2.67. The number of aromatic nitrogens is 6. The molecule has 0 atom stereocenters. The third-order valence-corrected chi connectivity index (χ3v) is 3.53. The molecule has 3 aromatic rings. The first-order valence-electron chi connectivity index (χ1n) is 7.21. The number of aryl methyl sites for hydroxylation is 2. The maximum atomic E-state index is 12.1. The van der Waals surface area contributed by atoms with Crippen LogP contribution in [0.4, 0.5) is 0 Å². The summed E-state index contributed by atoms with van der Waals surface area (Å²) in [5.74, 6) is -1.21. The second-order valence-corrected chi connectivity index (χ2v) is 5.04. The predicted molar refractivity (Wildman–Crippen MR) is 84.0 cm³/mol. The van der Waals surface area contributed by atoms with Crippen LogP contribution in [0.3, 0.4) is 0 Å². The number of pyridine rings is 1. The predicted octanol–water partition coefficient (Wildman–Crippen LogP) is 0.913. The lowest BCUT2D eigenvalue weighted by Crippen LogP contribution is -2.23. The van der Waals surface area contributed by atoms with Crippen molar-refractivity contribution in [1.29, 1.82) is 0 Å². The Kier molecular flexibility index (Phi) is 3.90. The Hall–Kier alpha value is -3.36. The molecule has 24 heavy (non-hydrogen) atoms. The molecule has 0 bridgehead atoms. The Labute approximate surface area is 136 Å². The number of hydrogen-bond acceptors (Lipinski definition) is 6. The van der Waals surface area contributed by atoms with Crippen molar-refractivity contribution >= 4 is 5.97 Å². The van der Waals surface area contributed by atoms with Crippen LogP contribution in [0.1, 0.15) is 23.1 Å². The van der Waals surface area contributed by atoms with Crippen LogP contribution in [0.2, 0.25) is 0 Å². The van der Waals surface area contributed by atoms with Crippen LogP contribution in [-0.2, 0) is 6.54 Å². The fraction of sp³-hybridized carbons (Fsp3) is 0.200. The van der Waals surface area contributed by atoms with Gasteiger partial charge in [0.1, 0.15) is 0 Å². The van der Waals surface area contributed by atoms with Gasteiger partial charge in [-0.1, -0.05) is 5.21 Å². The molecular formula is C15H14N6O3. The smallest absolute Gasteiger partial charge is 0.356 e. The average Bonchev–Trinajstić information content (AvgIpc) is 3.04. The molecule has 0 unspecified atom stereocenters. The monoisotopic (exact) mass is 326 g/mol. The van der Waals surface area contributed by atoms with Gasteiger partial charge in [-0.15, -0.1) is 5.10 Å². The fourth-order valence-corrected chi connectivity index (χ4v) is 2.31. The minimum absolute atomic E-state index is 0.225. The molecule has 0 aliphatic carbocycles. The topological polar surface area (TPSA) is 116 Å². The van der Waals surface area contributed by atoms with Crippen molar-refractivity contribution in [3.05, 3.63) is 52.3 Å². The second-order valence-electron chi connectivity index (χ2n) is 5.04. The number of carboxylic acid groups (broad SMARTS) is 1. The molecule has 0 aromatic carbocycles. The van der Waals surface area contributed by atoms with E-state index in [0.717, 1.165) is 27.7 Å². The van der Waals surface area contributed by atoms with E-state index in [0.29, 0.717) is 12.2 Å². The Morgan fingerprint density at radius 2 is 2.08 bits per heavy atom. The first-order chi connectivity index (χ1) is 11.5. The van der Waals surface area contributed by atoms with Crippen LogP contribution in [0.15, 0.2) is 35.4 Å². The molecule has 0 saturated heterocycles. The van der Waals surface area contributed by atoms with Gasteiger partial charge in [0.25, 0.3) is 5.56 Å². The molecule has 0 aliphatic heterocycles. The zero-order valence-electron chi connectivity index (χ0n) is 13.0. The summed E-state index contributed by atoms with van der Waals surface area (Å²) >= 11 is 0. The third-order valence-electron chi connectivity index (χ3n) is 3.53. The molecule has 0 radical (unpaired) electrons. The van der Waals surface area contributed by atoms with Gasteiger partial charge in [-0.3, -0.25) is 9.78 Å². The van der Waals surface area contributed by atoms with Crippen molar-refractivity contribution in [2.24, 2.45) is 0 Å². The van der Waals surface area contributed by atoms with Crippen molar-refractivity contribution in [3.8, 4) is 16.9 Å². The lowest BCUT2D eigenvalue weighted by Gasteiger charge is -2.10. The number of aromatic carboxylic acids is 1. The Morgan fingerprint density at radius 3 is 2.79 bits per heavy atom. The molecule has 122 valence electrons. The summed E-state index contributed by atoms with van der Waals surface area (Å²) in [7, 11) is 0. The highest BCUT2D eigenvalue weighted by atomic mass is 16.4. The number of nitrogens with zero attached hydrogens (tertiary/aromatic N) is 6. The summed E-state index contributed by atoms with van der Waals surface area (Å²) in [6.07, 6.45) is 3.08. The standard InChI is InChI=1S/C15H14N6O3/c1-3-20-13(8-17-19-20)11-6-10(7-16-9(11)2)21-14(22)5-4-12(18-21)15(23)24/h4-8H,3H2,1-2H3,(H,23,24). The Bertz CT molecular complexity index is 975. The van der Waals surface area contributed by atoms with E-state index in [4.69, 9.17) is 5.11 Å². The van der Waals surface area contributed by atoms with Crippen LogP contribution in [-0.4, -0.2) is 40.8 Å². The zero-order valence-corrected chi connectivity index (χ0v) is 13.0. The number of carbonyl (C=O) groups is 1. The van der Waals surface area contributed by atoms with Gasteiger partial charge in [-0.2, -0.15) is 9.78 Å². The van der Waals surface area contributed by atoms with Gasteiger partial charge in [0.2, 0.25) is 0 Å². The minimum Gasteiger partial charge on any atom is -0.476 e. The lowest BCUT2D eigenvalue weighted by atomic mass is 10.1. The average molecular weight is 326 g/mol. The van der Waals surface area contributed by atoms with Gasteiger partial charge in [-0.05, 0) is 26.0 Å². The van der Waals surface area contributed by atoms with Gasteiger partial charge in [0.05, 0.1) is 23.8 Å². The van der Waals surface area contributed by atoms with Crippen LogP contribution < -0.4 is 5.56 Å². The van der Waals surface area contributed by atoms with Crippen LogP contribution in [0.5, 0.6) is 0 Å². The Balaban J connectivity index is 2.18. The molecule has 0 amide bonds. The highest BCUT2D eigenvalue weighted by Crippen LogP contribution is 2.23. The van der Waals surface area contributed by atoms with E-state index >= 15 is 0 Å². The first kappa shape index (κ1) is 15.5. The van der Waals surface area contributed by atoms with Crippen molar-refractivity contribution < 1.29 is 9.90 Å². The minimum atomic E-state index is -1.21. The highest BCUT2D eigenvalue weighted by molar-refractivity contribution is 5.84. The van der Waals surface area contributed by atoms with E-state index in [1.54, 1.807) is 16.9 Å². The molecule has 3 heterocycles. The van der Waals surface area contributed by atoms with E-state index in [9.17, 15) is 9.59 Å². The fourth-order valence-electron chi connectivity index (χ4n) is 2.31. The molecule has 3 aromatic heterocycles. The first-order valence-corrected chi connectivity index (χ1v) is 7.21. The largest absolute Gasteiger partial charge is 0.476 e. The van der Waals surface area contributed by atoms with Crippen molar-refractivity contribution in [3.63, 3.8) is 0 Å². The molecule has 0 fully saturated rings. The van der Waals surface area contributed by atoms with E-state index in [1.165, 1.54) is 12.3 Å². The molecule has 9 nitrogen and oxygen atoms in total. The maximum Gasteiger partial charge on any atom is 0.356 e. The van der Waals surface area contributed by atoms with Crippen LogP contribution >= 0.6 is 0 Å². The summed E-state index contributed by atoms with van der Waals surface area (Å²) in [6.45, 7) is 4.40. The summed E-state index contributed by atoms with van der Waals surface area (Å²) in [5.41, 5.74) is 1.93. The van der Waals surface area contributed by atoms with Gasteiger partial charge in [-0.25, -0.2) is 9.48 Å². The summed E-state index contributed by atoms with van der Waals surface area (Å²) < 4.78 is 2.72. The number of rotatable bonds is 4. The molecule has 0 spiro atoms. The molecule has 9 heteroatoms. The second kappa shape index (κ2) is 6.03. The lowest BCUT2D eigenvalue weighted by molar-refractivity contribution is 0.0688. The van der Waals surface area contributed by atoms with E-state index in [2.05, 4.69) is 20.4 Å². The van der Waals surface area contributed by atoms with Crippen LogP contribution in [0.25, 0.3) is 16.9 Å². The number of hydrogen-bond donors (Lipinski definition) is 1. The zero-order chi connectivity index (χ0) is 17.3. The molecule has 3 rings (SSSR count). The molecule has 0 saturated carbocycles. The van der Waals surface area contributed by atoms with Crippen LogP contribution in [0, 0.1) is 6.92 Å². The van der Waals surface area contributed by atoms with E-state index in [1.807, 2.05) is 13.8 Å². The Morgan fingerprint density at radius 1 is 1.29 bits per heavy atom. The van der Waals surface area contributed by atoms with Gasteiger partial charge in [0.15, 0.2) is 5.69 Å².